The van der Waals surface area contributed by atoms with E-state index in [1.165, 1.54) is 23.3 Å². The summed E-state index contributed by atoms with van der Waals surface area (Å²) in [5, 5.41) is 3.59. The lowest BCUT2D eigenvalue weighted by Crippen LogP contribution is -2.16. The van der Waals surface area contributed by atoms with Gasteiger partial charge < -0.3 is 10.1 Å². The number of esters is 1. The summed E-state index contributed by atoms with van der Waals surface area (Å²) >= 11 is 1.53. The third-order valence-electron chi connectivity index (χ3n) is 4.64. The molecule has 1 aliphatic rings. The number of hydrogen-bond acceptors (Lipinski definition) is 4. The molecule has 0 fully saturated rings. The molecule has 0 unspecified atom stereocenters. The standard InChI is InChI=1S/C20H23NO3S/c1-13-8-10-15-16(12-13)25-19(18(15)20(23)24-2)21-17(22)11-9-14-6-4-3-5-7-14/h3-7,13H,8-12H2,1-2H3,(H,21,22)/t13-/m1/s1. The Morgan fingerprint density at radius 3 is 2.76 bits per heavy atom. The number of fused-ring (bicyclic) bond motifs is 1. The Balaban J connectivity index is 1.75. The Morgan fingerprint density at radius 2 is 2.04 bits per heavy atom. The summed E-state index contributed by atoms with van der Waals surface area (Å²) in [6.07, 6.45) is 3.97. The molecule has 4 nitrogen and oxygen atoms in total. The van der Waals surface area contributed by atoms with Crippen LogP contribution >= 0.6 is 11.3 Å². The maximum Gasteiger partial charge on any atom is 0.341 e. The molecule has 1 amide bonds. The van der Waals surface area contributed by atoms with Gasteiger partial charge in [-0.25, -0.2) is 4.79 Å². The number of methoxy groups -OCH3 is 1. The number of ether oxygens (including phenoxy) is 1. The van der Waals surface area contributed by atoms with Crippen LogP contribution in [0.2, 0.25) is 0 Å². The highest BCUT2D eigenvalue weighted by Gasteiger charge is 2.28. The number of aryl methyl sites for hydroxylation is 1. The van der Waals surface area contributed by atoms with Gasteiger partial charge in [-0.3, -0.25) is 4.79 Å². The molecule has 1 aromatic carbocycles. The first-order chi connectivity index (χ1) is 12.1. The van der Waals surface area contributed by atoms with E-state index in [2.05, 4.69) is 12.2 Å². The number of nitrogens with one attached hydrogen (secondary N) is 1. The van der Waals surface area contributed by atoms with E-state index >= 15 is 0 Å². The zero-order valence-electron chi connectivity index (χ0n) is 14.6. The van der Waals surface area contributed by atoms with Gasteiger partial charge in [-0.15, -0.1) is 11.3 Å². The van der Waals surface area contributed by atoms with Crippen LogP contribution in [0.15, 0.2) is 30.3 Å². The zero-order valence-corrected chi connectivity index (χ0v) is 15.4. The summed E-state index contributed by atoms with van der Waals surface area (Å²) in [7, 11) is 1.39. The second-order valence-corrected chi connectivity index (χ2v) is 7.69. The average molecular weight is 357 g/mol. The van der Waals surface area contributed by atoms with Crippen molar-refractivity contribution in [1.29, 1.82) is 0 Å². The predicted molar refractivity (Wildman–Crippen MR) is 100 cm³/mol. The number of carbonyl (C=O) groups excluding carboxylic acids is 2. The second-order valence-electron chi connectivity index (χ2n) is 6.58. The summed E-state index contributed by atoms with van der Waals surface area (Å²) in [6, 6.07) is 9.92. The van der Waals surface area contributed by atoms with E-state index in [1.807, 2.05) is 30.3 Å². The molecule has 1 N–H and O–H groups in total. The van der Waals surface area contributed by atoms with Crippen molar-refractivity contribution in [2.24, 2.45) is 5.92 Å². The molecule has 1 aliphatic carbocycles. The molecule has 0 bridgehead atoms. The maximum absolute atomic E-state index is 12.4. The van der Waals surface area contributed by atoms with Gasteiger partial charge in [-0.1, -0.05) is 37.3 Å². The number of hydrogen-bond donors (Lipinski definition) is 1. The molecule has 132 valence electrons. The minimum absolute atomic E-state index is 0.0688. The molecule has 0 saturated carbocycles. The van der Waals surface area contributed by atoms with Crippen LogP contribution in [0.1, 0.15) is 46.1 Å². The fourth-order valence-corrected chi connectivity index (χ4v) is 4.66. The third-order valence-corrected chi connectivity index (χ3v) is 5.81. The zero-order chi connectivity index (χ0) is 17.8. The van der Waals surface area contributed by atoms with Crippen LogP contribution in [0.5, 0.6) is 0 Å². The molecule has 1 atom stereocenters. The number of benzene rings is 1. The second kappa shape index (κ2) is 7.83. The van der Waals surface area contributed by atoms with Crippen LogP contribution in [0.25, 0.3) is 0 Å². The molecule has 25 heavy (non-hydrogen) atoms. The molecule has 0 aliphatic heterocycles. The van der Waals surface area contributed by atoms with Gasteiger partial charge in [-0.2, -0.15) is 0 Å². The first-order valence-electron chi connectivity index (χ1n) is 8.65. The molecular formula is C20H23NO3S. The van der Waals surface area contributed by atoms with Crippen molar-refractivity contribution in [3.05, 3.63) is 51.9 Å². The summed E-state index contributed by atoms with van der Waals surface area (Å²) in [5.74, 6) is 0.185. The SMILES string of the molecule is COC(=O)c1c(NC(=O)CCc2ccccc2)sc2c1CC[C@@H](C)C2. The van der Waals surface area contributed by atoms with E-state index in [0.717, 1.165) is 30.4 Å². The number of anilines is 1. The Bertz CT molecular complexity index is 767. The summed E-state index contributed by atoms with van der Waals surface area (Å²) in [6.45, 7) is 2.22. The minimum Gasteiger partial charge on any atom is -0.465 e. The lowest BCUT2D eigenvalue weighted by molar-refractivity contribution is -0.116. The number of thiophene rings is 1. The smallest absolute Gasteiger partial charge is 0.341 e. The molecule has 3 rings (SSSR count). The van der Waals surface area contributed by atoms with Crippen LogP contribution in [0.3, 0.4) is 0 Å². The molecule has 0 saturated heterocycles. The monoisotopic (exact) mass is 357 g/mol. The quantitative estimate of drug-likeness (QED) is 0.815. The van der Waals surface area contributed by atoms with Crippen LogP contribution in [0.4, 0.5) is 5.00 Å². The van der Waals surface area contributed by atoms with Crippen LogP contribution < -0.4 is 5.32 Å². The average Bonchev–Trinajstić information content (AvgIpc) is 2.97. The van der Waals surface area contributed by atoms with E-state index in [0.29, 0.717) is 29.3 Å². The predicted octanol–water partition coefficient (Wildman–Crippen LogP) is 4.23. The van der Waals surface area contributed by atoms with Crippen molar-refractivity contribution < 1.29 is 14.3 Å². The van der Waals surface area contributed by atoms with E-state index in [-0.39, 0.29) is 11.9 Å². The lowest BCUT2D eigenvalue weighted by Gasteiger charge is -2.18. The van der Waals surface area contributed by atoms with Crippen LogP contribution in [-0.2, 0) is 28.8 Å². The maximum atomic E-state index is 12.4. The lowest BCUT2D eigenvalue weighted by atomic mass is 9.88. The third kappa shape index (κ3) is 4.10. The fraction of sp³-hybridized carbons (Fsp3) is 0.400. The Hall–Kier alpha value is -2.14. The van der Waals surface area contributed by atoms with Gasteiger partial charge in [0.15, 0.2) is 0 Å². The number of carbonyl (C=O) groups is 2. The highest BCUT2D eigenvalue weighted by molar-refractivity contribution is 7.17. The van der Waals surface area contributed by atoms with Crippen molar-refractivity contribution in [1.82, 2.24) is 0 Å². The van der Waals surface area contributed by atoms with Crippen LogP contribution in [-0.4, -0.2) is 19.0 Å². The van der Waals surface area contributed by atoms with E-state index in [9.17, 15) is 9.59 Å². The fourth-order valence-electron chi connectivity index (χ4n) is 3.25. The van der Waals surface area contributed by atoms with Gasteiger partial charge in [0.1, 0.15) is 5.00 Å². The summed E-state index contributed by atoms with van der Waals surface area (Å²) < 4.78 is 4.96. The van der Waals surface area contributed by atoms with Crippen molar-refractivity contribution in [2.75, 3.05) is 12.4 Å². The van der Waals surface area contributed by atoms with Crippen molar-refractivity contribution >= 4 is 28.2 Å². The molecule has 2 aromatic rings. The van der Waals surface area contributed by atoms with Gasteiger partial charge in [0.25, 0.3) is 0 Å². The van der Waals surface area contributed by atoms with Crippen molar-refractivity contribution in [2.45, 2.75) is 39.0 Å². The van der Waals surface area contributed by atoms with Gasteiger partial charge >= 0.3 is 5.97 Å². The molecule has 0 spiro atoms. The molecule has 1 heterocycles. The minimum atomic E-state index is -0.356. The van der Waals surface area contributed by atoms with E-state index in [4.69, 9.17) is 4.74 Å². The van der Waals surface area contributed by atoms with Crippen molar-refractivity contribution in [3.8, 4) is 0 Å². The summed E-state index contributed by atoms with van der Waals surface area (Å²) in [5.41, 5.74) is 2.75. The normalized spacial score (nSPS) is 16.2. The number of rotatable bonds is 5. The molecular weight excluding hydrogens is 334 g/mol. The molecule has 0 radical (unpaired) electrons. The topological polar surface area (TPSA) is 55.4 Å². The van der Waals surface area contributed by atoms with Gasteiger partial charge in [0, 0.05) is 11.3 Å². The Kier molecular flexibility index (Phi) is 5.53. The van der Waals surface area contributed by atoms with Crippen LogP contribution in [0, 0.1) is 5.92 Å². The van der Waals surface area contributed by atoms with E-state index < -0.39 is 0 Å². The molecule has 5 heteroatoms. The highest BCUT2D eigenvalue weighted by Crippen LogP contribution is 2.40. The van der Waals surface area contributed by atoms with Gasteiger partial charge in [-0.05, 0) is 42.7 Å². The first-order valence-corrected chi connectivity index (χ1v) is 9.46. The van der Waals surface area contributed by atoms with Crippen molar-refractivity contribution in [3.63, 3.8) is 0 Å². The van der Waals surface area contributed by atoms with Gasteiger partial charge in [0.2, 0.25) is 5.91 Å². The van der Waals surface area contributed by atoms with E-state index in [1.54, 1.807) is 0 Å². The Labute approximate surface area is 152 Å². The summed E-state index contributed by atoms with van der Waals surface area (Å²) in [4.78, 5) is 25.8. The number of amides is 1. The van der Waals surface area contributed by atoms with Gasteiger partial charge in [0.05, 0.1) is 12.7 Å². The Morgan fingerprint density at radius 1 is 1.28 bits per heavy atom. The molecule has 1 aromatic heterocycles. The first kappa shape index (κ1) is 17.7. The highest BCUT2D eigenvalue weighted by atomic mass is 32.1. The largest absolute Gasteiger partial charge is 0.465 e.